The highest BCUT2D eigenvalue weighted by atomic mass is 19.1. The molecule has 2 aliphatic rings. The molecule has 3 atom stereocenters. The third kappa shape index (κ3) is 7.19. The first-order valence-corrected chi connectivity index (χ1v) is 10.9. The van der Waals surface area contributed by atoms with Crippen molar-refractivity contribution in [2.75, 3.05) is 12.4 Å². The molecule has 1 amide bonds. The van der Waals surface area contributed by atoms with Crippen LogP contribution >= 0.6 is 0 Å². The summed E-state index contributed by atoms with van der Waals surface area (Å²) in [7, 11) is 1.78. The molecule has 0 spiro atoms. The second-order valence-corrected chi connectivity index (χ2v) is 7.07. The predicted molar refractivity (Wildman–Crippen MR) is 130 cm³/mol. The summed E-state index contributed by atoms with van der Waals surface area (Å²) in [5, 5.41) is 8.97. The molecule has 10 nitrogen and oxygen atoms in total. The zero-order chi connectivity index (χ0) is 24.4. The molecule has 0 aromatic carbocycles. The highest BCUT2D eigenvalue weighted by Gasteiger charge is 2.43. The highest BCUT2D eigenvalue weighted by molar-refractivity contribution is 5.95. The lowest BCUT2D eigenvalue weighted by atomic mass is 10.0. The van der Waals surface area contributed by atoms with E-state index in [1.165, 1.54) is 12.4 Å². The lowest BCUT2D eigenvalue weighted by Gasteiger charge is -2.23. The van der Waals surface area contributed by atoms with Crippen LogP contribution < -0.4 is 21.7 Å². The summed E-state index contributed by atoms with van der Waals surface area (Å²) in [5.74, 6) is -0.339. The van der Waals surface area contributed by atoms with Crippen molar-refractivity contribution in [1.82, 2.24) is 20.6 Å². The second-order valence-electron chi connectivity index (χ2n) is 7.07. The first-order chi connectivity index (χ1) is 15.9. The van der Waals surface area contributed by atoms with Crippen molar-refractivity contribution in [1.29, 1.82) is 0 Å². The maximum absolute atomic E-state index is 13.1. The number of aliphatic imine (C=N–C) groups is 3. The number of nitrogens with two attached hydrogens (primary N) is 1. The normalized spacial score (nSPS) is 22.4. The molecule has 3 unspecified atom stereocenters. The molecular formula is C22H32FN9O. The van der Waals surface area contributed by atoms with Crippen LogP contribution in [0.1, 0.15) is 40.5 Å². The zero-order valence-electron chi connectivity index (χ0n) is 19.6. The van der Waals surface area contributed by atoms with Crippen LogP contribution in [0, 0.1) is 5.92 Å². The number of nitrogens with one attached hydrogen (secondary N) is 3. The molecule has 1 aromatic heterocycles. The molecule has 0 bridgehead atoms. The van der Waals surface area contributed by atoms with Crippen LogP contribution in [0.5, 0.6) is 0 Å². The Hall–Kier alpha value is -3.63. The lowest BCUT2D eigenvalue weighted by molar-refractivity contribution is -0.117. The van der Waals surface area contributed by atoms with Gasteiger partial charge in [-0.05, 0) is 25.3 Å². The summed E-state index contributed by atoms with van der Waals surface area (Å²) in [6, 6.07) is 1.50. The Bertz CT molecular complexity index is 984. The molecular weight excluding hydrogens is 425 g/mol. The van der Waals surface area contributed by atoms with E-state index in [1.54, 1.807) is 7.05 Å². The Labute approximate surface area is 193 Å². The molecule has 1 aromatic rings. The molecule has 0 radical (unpaired) electrons. The van der Waals surface area contributed by atoms with Crippen LogP contribution in [0.25, 0.3) is 0 Å². The molecule has 1 saturated carbocycles. The van der Waals surface area contributed by atoms with Crippen molar-refractivity contribution in [2.45, 2.75) is 52.8 Å². The minimum atomic E-state index is -1.08. The lowest BCUT2D eigenvalue weighted by Crippen LogP contribution is -2.36. The minimum Gasteiger partial charge on any atom is -0.390 e. The summed E-state index contributed by atoms with van der Waals surface area (Å²) >= 11 is 0. The van der Waals surface area contributed by atoms with Crippen molar-refractivity contribution in [3.8, 4) is 0 Å². The number of allylic oxidation sites excluding steroid dienone is 1. The van der Waals surface area contributed by atoms with Gasteiger partial charge in [0.2, 0.25) is 11.9 Å². The van der Waals surface area contributed by atoms with E-state index >= 15 is 0 Å². The van der Waals surface area contributed by atoms with Crippen LogP contribution in [0.2, 0.25) is 0 Å². The van der Waals surface area contributed by atoms with Crippen molar-refractivity contribution in [3.05, 3.63) is 35.9 Å². The first-order valence-electron chi connectivity index (χ1n) is 10.9. The van der Waals surface area contributed by atoms with Crippen molar-refractivity contribution in [2.24, 2.45) is 26.6 Å². The number of carbonyl (C=O) groups is 1. The van der Waals surface area contributed by atoms with Crippen LogP contribution in [-0.4, -0.2) is 53.1 Å². The predicted octanol–water partition coefficient (Wildman–Crippen LogP) is 2.60. The SMILES string of the molecule is CC.CCC(=NC)C1C=C(C)C(NC(=Nc2cc(NC(=O)C3CC3F)ncn2)/N=C\N)=CN1. The van der Waals surface area contributed by atoms with Gasteiger partial charge < -0.3 is 21.7 Å². The smallest absolute Gasteiger partial charge is 0.231 e. The Morgan fingerprint density at radius 2 is 2.09 bits per heavy atom. The van der Waals surface area contributed by atoms with Gasteiger partial charge in [0.05, 0.1) is 24.0 Å². The Kier molecular flexibility index (Phi) is 9.64. The second kappa shape index (κ2) is 12.4. The monoisotopic (exact) mass is 457 g/mol. The molecule has 1 aliphatic heterocycles. The van der Waals surface area contributed by atoms with Crippen molar-refractivity contribution in [3.63, 3.8) is 0 Å². The number of aromatic nitrogens is 2. The minimum absolute atomic E-state index is 0.0300. The van der Waals surface area contributed by atoms with Gasteiger partial charge in [0, 0.05) is 25.0 Å². The fraction of sp³-hybridized carbons (Fsp3) is 0.455. The van der Waals surface area contributed by atoms with Gasteiger partial charge in [0.15, 0.2) is 5.82 Å². The fourth-order valence-corrected chi connectivity index (χ4v) is 3.04. The number of halogens is 1. The Morgan fingerprint density at radius 3 is 2.67 bits per heavy atom. The van der Waals surface area contributed by atoms with Crippen LogP contribution in [0.3, 0.4) is 0 Å². The van der Waals surface area contributed by atoms with Crippen LogP contribution in [0.15, 0.2) is 50.9 Å². The van der Waals surface area contributed by atoms with Gasteiger partial charge in [-0.3, -0.25) is 9.79 Å². The van der Waals surface area contributed by atoms with Crippen LogP contribution in [0.4, 0.5) is 16.0 Å². The first kappa shape index (κ1) is 25.6. The molecule has 33 heavy (non-hydrogen) atoms. The summed E-state index contributed by atoms with van der Waals surface area (Å²) in [6.45, 7) is 8.03. The van der Waals surface area contributed by atoms with Gasteiger partial charge in [-0.25, -0.2) is 19.4 Å². The largest absolute Gasteiger partial charge is 0.390 e. The highest BCUT2D eigenvalue weighted by Crippen LogP contribution is 2.34. The van der Waals surface area contributed by atoms with E-state index < -0.39 is 18.0 Å². The van der Waals surface area contributed by atoms with Gasteiger partial charge in [0.25, 0.3) is 0 Å². The van der Waals surface area contributed by atoms with Gasteiger partial charge in [-0.15, -0.1) is 0 Å². The maximum atomic E-state index is 13.1. The average Bonchev–Trinajstić information content (AvgIpc) is 3.55. The van der Waals surface area contributed by atoms with Gasteiger partial charge in [0.1, 0.15) is 18.3 Å². The number of rotatable bonds is 6. The van der Waals surface area contributed by atoms with Gasteiger partial charge in [-0.2, -0.15) is 4.99 Å². The Balaban J connectivity index is 0.00000187. The zero-order valence-corrected chi connectivity index (χ0v) is 19.6. The van der Waals surface area contributed by atoms with E-state index in [-0.39, 0.29) is 30.1 Å². The number of hydrogen-bond donors (Lipinski definition) is 4. The molecule has 11 heteroatoms. The molecule has 178 valence electrons. The fourth-order valence-electron chi connectivity index (χ4n) is 3.04. The maximum Gasteiger partial charge on any atom is 0.231 e. The third-order valence-corrected chi connectivity index (χ3v) is 4.87. The average molecular weight is 458 g/mol. The van der Waals surface area contributed by atoms with Gasteiger partial charge >= 0.3 is 0 Å². The number of anilines is 1. The molecule has 3 rings (SSSR count). The number of hydrogen-bond acceptors (Lipinski definition) is 6. The quantitative estimate of drug-likeness (QED) is 0.382. The molecule has 1 aliphatic carbocycles. The summed E-state index contributed by atoms with van der Waals surface area (Å²) in [4.78, 5) is 32.7. The van der Waals surface area contributed by atoms with E-state index in [0.29, 0.717) is 0 Å². The van der Waals surface area contributed by atoms with Crippen molar-refractivity contribution < 1.29 is 9.18 Å². The molecule has 5 N–H and O–H groups in total. The van der Waals surface area contributed by atoms with E-state index in [1.807, 2.05) is 27.0 Å². The number of alkyl halides is 1. The summed E-state index contributed by atoms with van der Waals surface area (Å²) in [5.41, 5.74) is 8.26. The van der Waals surface area contributed by atoms with E-state index in [0.717, 1.165) is 29.7 Å². The third-order valence-electron chi connectivity index (χ3n) is 4.87. The summed E-state index contributed by atoms with van der Waals surface area (Å²) < 4.78 is 13.1. The van der Waals surface area contributed by atoms with E-state index in [2.05, 4.69) is 53.9 Å². The van der Waals surface area contributed by atoms with Crippen molar-refractivity contribution >= 4 is 35.6 Å². The van der Waals surface area contributed by atoms with Gasteiger partial charge in [-0.1, -0.05) is 26.8 Å². The number of dihydropyridines is 1. The topological polar surface area (TPSA) is 142 Å². The van der Waals surface area contributed by atoms with E-state index in [9.17, 15) is 9.18 Å². The standard InChI is InChI=1S/C20H26FN9O.C2H6/c1-4-14(23-3)15-5-11(2)16(8-24-15)28-20(25-9-22)30-18-7-17(26-10-27-18)29-19(31)12-6-13(12)21;1-2/h5,7-10,12-13,15,24H,4,6H2,1-3H3,(H4,22,25,26,27,28,29,30,31);1-2H3. The van der Waals surface area contributed by atoms with E-state index in [4.69, 9.17) is 5.73 Å². The number of carbonyl (C=O) groups excluding carboxylic acids is 1. The number of amides is 1. The number of guanidine groups is 1. The number of nitrogens with zero attached hydrogens (tertiary/aromatic N) is 5. The Morgan fingerprint density at radius 1 is 1.36 bits per heavy atom. The summed E-state index contributed by atoms with van der Waals surface area (Å²) in [6.07, 6.45) is 6.26. The molecule has 1 fully saturated rings. The molecule has 2 heterocycles. The van der Waals surface area contributed by atoms with Crippen LogP contribution in [-0.2, 0) is 4.79 Å². The molecule has 0 saturated heterocycles.